The van der Waals surface area contributed by atoms with E-state index in [1.54, 1.807) is 19.2 Å². The quantitative estimate of drug-likeness (QED) is 0.441. The first-order valence-electron chi connectivity index (χ1n) is 4.85. The van der Waals surface area contributed by atoms with Crippen LogP contribution in [0.1, 0.15) is 6.92 Å². The molecule has 1 unspecified atom stereocenters. The Labute approximate surface area is 89.9 Å². The molecular formula is C11H17NO3. The van der Waals surface area contributed by atoms with E-state index < -0.39 is 0 Å². The minimum absolute atomic E-state index is 0.194. The van der Waals surface area contributed by atoms with E-state index in [1.165, 1.54) is 0 Å². The van der Waals surface area contributed by atoms with Crippen molar-refractivity contribution in [1.29, 1.82) is 0 Å². The third kappa shape index (κ3) is 4.67. The van der Waals surface area contributed by atoms with Crippen LogP contribution in [-0.2, 0) is 9.47 Å². The maximum atomic E-state index is 5.54. The van der Waals surface area contributed by atoms with E-state index in [1.807, 2.05) is 19.1 Å². The monoisotopic (exact) mass is 211 g/mol. The van der Waals surface area contributed by atoms with Crippen molar-refractivity contribution in [1.82, 2.24) is 0 Å². The fourth-order valence-electron chi connectivity index (χ4n) is 1.01. The van der Waals surface area contributed by atoms with Gasteiger partial charge in [0.05, 0.1) is 6.61 Å². The summed E-state index contributed by atoms with van der Waals surface area (Å²) >= 11 is 0. The summed E-state index contributed by atoms with van der Waals surface area (Å²) in [6, 6.07) is 7.26. The molecule has 0 aliphatic rings. The third-order valence-corrected chi connectivity index (χ3v) is 1.92. The minimum atomic E-state index is -0.194. The predicted octanol–water partition coefficient (Wildman–Crippen LogP) is 1.66. The lowest BCUT2D eigenvalue weighted by Crippen LogP contribution is -2.15. The van der Waals surface area contributed by atoms with Gasteiger partial charge in [0.15, 0.2) is 6.29 Å². The summed E-state index contributed by atoms with van der Waals surface area (Å²) in [6.45, 7) is 2.83. The number of ether oxygens (including phenoxy) is 3. The van der Waals surface area contributed by atoms with Gasteiger partial charge in [0.1, 0.15) is 12.4 Å². The van der Waals surface area contributed by atoms with E-state index in [4.69, 9.17) is 19.9 Å². The number of nitrogens with two attached hydrogens (primary N) is 1. The number of rotatable bonds is 6. The smallest absolute Gasteiger partial charge is 0.154 e. The zero-order chi connectivity index (χ0) is 11.1. The van der Waals surface area contributed by atoms with Crippen LogP contribution < -0.4 is 10.5 Å². The molecular weight excluding hydrogens is 194 g/mol. The summed E-state index contributed by atoms with van der Waals surface area (Å²) < 4.78 is 15.6. The van der Waals surface area contributed by atoms with Gasteiger partial charge in [-0.1, -0.05) is 0 Å². The highest BCUT2D eigenvalue weighted by Gasteiger charge is 1.98. The molecule has 0 saturated heterocycles. The van der Waals surface area contributed by atoms with Gasteiger partial charge >= 0.3 is 0 Å². The highest BCUT2D eigenvalue weighted by molar-refractivity contribution is 5.41. The van der Waals surface area contributed by atoms with Crippen molar-refractivity contribution >= 4 is 5.69 Å². The van der Waals surface area contributed by atoms with Gasteiger partial charge in [0.25, 0.3) is 0 Å². The first-order valence-corrected chi connectivity index (χ1v) is 4.85. The Morgan fingerprint density at radius 3 is 2.47 bits per heavy atom. The summed E-state index contributed by atoms with van der Waals surface area (Å²) in [5, 5.41) is 0. The molecule has 0 bridgehead atoms. The molecule has 4 heteroatoms. The van der Waals surface area contributed by atoms with E-state index >= 15 is 0 Å². The van der Waals surface area contributed by atoms with Gasteiger partial charge in [0.2, 0.25) is 0 Å². The summed E-state index contributed by atoms with van der Waals surface area (Å²) in [5.74, 6) is 0.790. The lowest BCUT2D eigenvalue weighted by atomic mass is 10.3. The van der Waals surface area contributed by atoms with Crippen LogP contribution in [0.3, 0.4) is 0 Å². The molecule has 0 aliphatic carbocycles. The van der Waals surface area contributed by atoms with Crippen LogP contribution in [0.2, 0.25) is 0 Å². The normalized spacial score (nSPS) is 12.4. The van der Waals surface area contributed by atoms with Crippen molar-refractivity contribution in [3.8, 4) is 5.75 Å². The van der Waals surface area contributed by atoms with Crippen LogP contribution in [0.4, 0.5) is 5.69 Å². The highest BCUT2D eigenvalue weighted by atomic mass is 16.7. The van der Waals surface area contributed by atoms with Crippen molar-refractivity contribution in [3.63, 3.8) is 0 Å². The molecule has 1 aromatic rings. The average molecular weight is 211 g/mol. The molecule has 4 nitrogen and oxygen atoms in total. The van der Waals surface area contributed by atoms with Gasteiger partial charge in [-0.15, -0.1) is 0 Å². The average Bonchev–Trinajstić information content (AvgIpc) is 2.26. The number of methoxy groups -OCH3 is 1. The molecule has 0 heterocycles. The Morgan fingerprint density at radius 2 is 1.87 bits per heavy atom. The van der Waals surface area contributed by atoms with Gasteiger partial charge in [-0.25, -0.2) is 0 Å². The molecule has 0 spiro atoms. The van der Waals surface area contributed by atoms with Gasteiger partial charge < -0.3 is 19.9 Å². The predicted molar refractivity (Wildman–Crippen MR) is 58.8 cm³/mol. The number of hydrogen-bond donors (Lipinski definition) is 1. The van der Waals surface area contributed by atoms with E-state index in [-0.39, 0.29) is 6.29 Å². The van der Waals surface area contributed by atoms with E-state index in [2.05, 4.69) is 0 Å². The van der Waals surface area contributed by atoms with Crippen LogP contribution >= 0.6 is 0 Å². The van der Waals surface area contributed by atoms with Crippen LogP contribution in [0.15, 0.2) is 24.3 Å². The molecule has 0 radical (unpaired) electrons. The van der Waals surface area contributed by atoms with Gasteiger partial charge in [-0.2, -0.15) is 0 Å². The topological polar surface area (TPSA) is 53.7 Å². The summed E-state index contributed by atoms with van der Waals surface area (Å²) in [7, 11) is 1.60. The van der Waals surface area contributed by atoms with Gasteiger partial charge in [-0.05, 0) is 31.2 Å². The fraction of sp³-hybridized carbons (Fsp3) is 0.455. The second-order valence-electron chi connectivity index (χ2n) is 3.09. The fourth-order valence-corrected chi connectivity index (χ4v) is 1.01. The van der Waals surface area contributed by atoms with Crippen molar-refractivity contribution in [2.24, 2.45) is 0 Å². The Balaban J connectivity index is 2.17. The Kier molecular flexibility index (Phi) is 4.93. The van der Waals surface area contributed by atoms with E-state index in [9.17, 15) is 0 Å². The summed E-state index contributed by atoms with van der Waals surface area (Å²) in [4.78, 5) is 0. The first kappa shape index (κ1) is 11.8. The molecule has 84 valence electrons. The maximum Gasteiger partial charge on any atom is 0.154 e. The molecule has 0 amide bonds. The van der Waals surface area contributed by atoms with Crippen LogP contribution in [0.5, 0.6) is 5.75 Å². The van der Waals surface area contributed by atoms with Gasteiger partial charge in [-0.3, -0.25) is 0 Å². The van der Waals surface area contributed by atoms with Gasteiger partial charge in [0, 0.05) is 12.8 Å². The second-order valence-corrected chi connectivity index (χ2v) is 3.09. The Morgan fingerprint density at radius 1 is 1.20 bits per heavy atom. The molecule has 0 fully saturated rings. The number of nitrogen functional groups attached to an aromatic ring is 1. The third-order valence-electron chi connectivity index (χ3n) is 1.92. The summed E-state index contributed by atoms with van der Waals surface area (Å²) in [6.07, 6.45) is -0.194. The van der Waals surface area contributed by atoms with Crippen LogP contribution in [0.25, 0.3) is 0 Å². The molecule has 1 atom stereocenters. The molecule has 1 aromatic carbocycles. The highest BCUT2D eigenvalue weighted by Crippen LogP contribution is 2.12. The van der Waals surface area contributed by atoms with Crippen molar-refractivity contribution in [3.05, 3.63) is 24.3 Å². The number of hydrogen-bond acceptors (Lipinski definition) is 4. The SMILES string of the molecule is COC(C)OCCOc1ccc(N)cc1. The lowest BCUT2D eigenvalue weighted by Gasteiger charge is -2.11. The van der Waals surface area contributed by atoms with Crippen LogP contribution in [0, 0.1) is 0 Å². The molecule has 0 aromatic heterocycles. The van der Waals surface area contributed by atoms with Crippen molar-refractivity contribution < 1.29 is 14.2 Å². The zero-order valence-electron chi connectivity index (χ0n) is 9.10. The van der Waals surface area contributed by atoms with Crippen molar-refractivity contribution in [2.75, 3.05) is 26.1 Å². The molecule has 15 heavy (non-hydrogen) atoms. The Hall–Kier alpha value is -1.26. The van der Waals surface area contributed by atoms with E-state index in [0.29, 0.717) is 13.2 Å². The minimum Gasteiger partial charge on any atom is -0.491 e. The number of benzene rings is 1. The summed E-state index contributed by atoms with van der Waals surface area (Å²) in [5.41, 5.74) is 6.27. The molecule has 2 N–H and O–H groups in total. The molecule has 1 rings (SSSR count). The lowest BCUT2D eigenvalue weighted by molar-refractivity contribution is -0.115. The standard InChI is InChI=1S/C11H17NO3/c1-9(13-2)14-7-8-15-11-5-3-10(12)4-6-11/h3-6,9H,7-8,12H2,1-2H3. The largest absolute Gasteiger partial charge is 0.491 e. The number of anilines is 1. The molecule has 0 saturated carbocycles. The van der Waals surface area contributed by atoms with Crippen molar-refractivity contribution in [2.45, 2.75) is 13.2 Å². The maximum absolute atomic E-state index is 5.54. The van der Waals surface area contributed by atoms with E-state index in [0.717, 1.165) is 11.4 Å². The molecule has 0 aliphatic heterocycles. The zero-order valence-corrected chi connectivity index (χ0v) is 9.10. The first-order chi connectivity index (χ1) is 7.22. The second kappa shape index (κ2) is 6.27. The Bertz CT molecular complexity index is 274. The van der Waals surface area contributed by atoms with Crippen LogP contribution in [-0.4, -0.2) is 26.6 Å².